The molecule has 0 aromatic heterocycles. The first-order valence-corrected chi connectivity index (χ1v) is 12.8. The van der Waals surface area contributed by atoms with Crippen LogP contribution in [-0.2, 0) is 22.2 Å². The van der Waals surface area contributed by atoms with E-state index in [0.29, 0.717) is 29.5 Å². The van der Waals surface area contributed by atoms with Crippen molar-refractivity contribution in [1.29, 1.82) is 5.41 Å². The van der Waals surface area contributed by atoms with E-state index in [1.54, 1.807) is 24.3 Å². The van der Waals surface area contributed by atoms with Gasteiger partial charge in [-0.2, -0.15) is 13.2 Å². The first-order chi connectivity index (χ1) is 18.9. The second kappa shape index (κ2) is 11.4. The first-order valence-electron chi connectivity index (χ1n) is 12.8. The van der Waals surface area contributed by atoms with Crippen molar-refractivity contribution in [2.45, 2.75) is 38.4 Å². The van der Waals surface area contributed by atoms with Gasteiger partial charge in [0.2, 0.25) is 5.91 Å². The van der Waals surface area contributed by atoms with Gasteiger partial charge in [0.1, 0.15) is 23.6 Å². The van der Waals surface area contributed by atoms with Crippen LogP contribution in [0.3, 0.4) is 0 Å². The SMILES string of the molecule is C[C@]1(C(=O)O)C[C@@H](COc2ccc(-c3ccc(C(=N)N)cc3)cc2C(F)(F)F)N(CCCc2ccccc2)C1=O. The van der Waals surface area contributed by atoms with Gasteiger partial charge in [-0.3, -0.25) is 15.0 Å². The number of nitrogens with two attached hydrogens (primary N) is 1. The lowest BCUT2D eigenvalue weighted by Crippen LogP contribution is -2.41. The molecule has 0 saturated carbocycles. The van der Waals surface area contributed by atoms with Gasteiger partial charge in [-0.05, 0) is 55.0 Å². The number of amidine groups is 1. The second-order valence-corrected chi connectivity index (χ2v) is 10.1. The highest BCUT2D eigenvalue weighted by molar-refractivity contribution is 6.03. The highest BCUT2D eigenvalue weighted by Crippen LogP contribution is 2.41. The number of amides is 1. The molecule has 1 aliphatic rings. The summed E-state index contributed by atoms with van der Waals surface area (Å²) in [5, 5.41) is 17.2. The third kappa shape index (κ3) is 6.11. The van der Waals surface area contributed by atoms with Gasteiger partial charge in [0, 0.05) is 12.1 Å². The number of rotatable bonds is 10. The highest BCUT2D eigenvalue weighted by Gasteiger charge is 2.53. The monoisotopic (exact) mass is 553 g/mol. The molecule has 1 amide bonds. The maximum Gasteiger partial charge on any atom is 0.419 e. The molecule has 0 aliphatic carbocycles. The lowest BCUT2D eigenvalue weighted by Gasteiger charge is -2.26. The number of benzene rings is 3. The molecule has 1 fully saturated rings. The predicted octanol–water partition coefficient (Wildman–Crippen LogP) is 5.36. The van der Waals surface area contributed by atoms with Crippen molar-refractivity contribution in [1.82, 2.24) is 4.90 Å². The van der Waals surface area contributed by atoms with Crippen LogP contribution in [0.1, 0.15) is 36.5 Å². The van der Waals surface area contributed by atoms with E-state index >= 15 is 0 Å². The van der Waals surface area contributed by atoms with Crippen LogP contribution >= 0.6 is 0 Å². The van der Waals surface area contributed by atoms with Crippen molar-refractivity contribution < 1.29 is 32.6 Å². The first kappa shape index (κ1) is 28.7. The van der Waals surface area contributed by atoms with Crippen molar-refractivity contribution in [3.63, 3.8) is 0 Å². The van der Waals surface area contributed by atoms with Gasteiger partial charge < -0.3 is 20.5 Å². The average molecular weight is 554 g/mol. The molecular formula is C30H30F3N3O4. The second-order valence-electron chi connectivity index (χ2n) is 10.1. The van der Waals surface area contributed by atoms with Gasteiger partial charge in [0.15, 0.2) is 0 Å². The Morgan fingerprint density at radius 3 is 2.35 bits per heavy atom. The number of carboxylic acids is 1. The third-order valence-corrected chi connectivity index (χ3v) is 7.24. The number of carbonyl (C=O) groups is 2. The van der Waals surface area contributed by atoms with Crippen LogP contribution in [0.2, 0.25) is 0 Å². The molecule has 0 spiro atoms. The minimum atomic E-state index is -4.72. The molecular weight excluding hydrogens is 523 g/mol. The van der Waals surface area contributed by atoms with Gasteiger partial charge in [-0.25, -0.2) is 0 Å². The molecule has 3 aromatic rings. The van der Waals surface area contributed by atoms with Gasteiger partial charge >= 0.3 is 12.1 Å². The zero-order valence-electron chi connectivity index (χ0n) is 21.9. The molecule has 1 saturated heterocycles. The summed E-state index contributed by atoms with van der Waals surface area (Å²) in [4.78, 5) is 26.5. The summed E-state index contributed by atoms with van der Waals surface area (Å²) in [6.07, 6.45) is -3.57. The van der Waals surface area contributed by atoms with E-state index in [9.17, 15) is 27.9 Å². The van der Waals surface area contributed by atoms with Crippen LogP contribution in [0.4, 0.5) is 13.2 Å². The molecule has 0 unspecified atom stereocenters. The number of hydrogen-bond donors (Lipinski definition) is 3. The number of likely N-dealkylation sites (tertiary alicyclic amines) is 1. The number of hydrogen-bond acceptors (Lipinski definition) is 4. The topological polar surface area (TPSA) is 117 Å². The number of nitrogens with one attached hydrogen (secondary N) is 1. The highest BCUT2D eigenvalue weighted by atomic mass is 19.4. The summed E-state index contributed by atoms with van der Waals surface area (Å²) in [7, 11) is 0. The molecule has 3 aromatic carbocycles. The molecule has 4 N–H and O–H groups in total. The fourth-order valence-corrected chi connectivity index (χ4v) is 4.95. The van der Waals surface area contributed by atoms with Crippen LogP contribution in [0.5, 0.6) is 5.75 Å². The smallest absolute Gasteiger partial charge is 0.419 e. The van der Waals surface area contributed by atoms with E-state index in [4.69, 9.17) is 15.9 Å². The number of aryl methyl sites for hydroxylation is 1. The average Bonchev–Trinajstić information content (AvgIpc) is 3.17. The molecule has 0 bridgehead atoms. The molecule has 1 heterocycles. The van der Waals surface area contributed by atoms with Crippen LogP contribution < -0.4 is 10.5 Å². The Balaban J connectivity index is 1.54. The van der Waals surface area contributed by atoms with Gasteiger partial charge in [0.25, 0.3) is 0 Å². The Bertz CT molecular complexity index is 1390. The Morgan fingerprint density at radius 1 is 1.10 bits per heavy atom. The number of ether oxygens (including phenoxy) is 1. The number of halogens is 3. The van der Waals surface area contributed by atoms with Crippen molar-refractivity contribution >= 4 is 17.7 Å². The molecule has 2 atom stereocenters. The summed E-state index contributed by atoms with van der Waals surface area (Å²) < 4.78 is 47.8. The van der Waals surface area contributed by atoms with E-state index in [2.05, 4.69) is 0 Å². The van der Waals surface area contributed by atoms with Gasteiger partial charge in [0.05, 0.1) is 11.6 Å². The van der Waals surface area contributed by atoms with E-state index in [1.807, 2.05) is 30.3 Å². The summed E-state index contributed by atoms with van der Waals surface area (Å²) >= 11 is 0. The minimum Gasteiger partial charge on any atom is -0.491 e. The largest absolute Gasteiger partial charge is 0.491 e. The molecule has 0 radical (unpaired) electrons. The molecule has 10 heteroatoms. The number of alkyl halides is 3. The zero-order chi connectivity index (χ0) is 29.1. The summed E-state index contributed by atoms with van der Waals surface area (Å²) in [6.45, 7) is 1.32. The number of aliphatic carboxylic acids is 1. The Hall–Kier alpha value is -4.34. The van der Waals surface area contributed by atoms with Crippen LogP contribution in [-0.4, -0.2) is 46.9 Å². The Kier molecular flexibility index (Phi) is 8.18. The lowest BCUT2D eigenvalue weighted by atomic mass is 9.87. The maximum absolute atomic E-state index is 14.0. The molecule has 7 nitrogen and oxygen atoms in total. The lowest BCUT2D eigenvalue weighted by molar-refractivity contribution is -0.155. The Morgan fingerprint density at radius 2 is 1.75 bits per heavy atom. The quantitative estimate of drug-likeness (QED) is 0.178. The summed E-state index contributed by atoms with van der Waals surface area (Å²) in [5.74, 6) is -2.40. The fourth-order valence-electron chi connectivity index (χ4n) is 4.95. The van der Waals surface area contributed by atoms with Crippen molar-refractivity contribution in [2.24, 2.45) is 11.1 Å². The van der Waals surface area contributed by atoms with Crippen LogP contribution in [0.15, 0.2) is 72.8 Å². The third-order valence-electron chi connectivity index (χ3n) is 7.24. The normalized spacial score (nSPS) is 19.1. The zero-order valence-corrected chi connectivity index (χ0v) is 21.9. The van der Waals surface area contributed by atoms with Gasteiger partial charge in [-0.15, -0.1) is 0 Å². The van der Waals surface area contributed by atoms with Crippen molar-refractivity contribution in [3.8, 4) is 16.9 Å². The molecule has 4 rings (SSSR count). The van der Waals surface area contributed by atoms with E-state index < -0.39 is 40.8 Å². The van der Waals surface area contributed by atoms with Crippen molar-refractivity contribution in [3.05, 3.63) is 89.5 Å². The van der Waals surface area contributed by atoms with Crippen molar-refractivity contribution in [2.75, 3.05) is 13.2 Å². The summed E-state index contributed by atoms with van der Waals surface area (Å²) in [5.41, 5.74) is 5.11. The van der Waals surface area contributed by atoms with Crippen LogP contribution in [0.25, 0.3) is 11.1 Å². The maximum atomic E-state index is 14.0. The minimum absolute atomic E-state index is 0.0750. The fraction of sp³-hybridized carbons (Fsp3) is 0.300. The molecule has 1 aliphatic heterocycles. The predicted molar refractivity (Wildman–Crippen MR) is 144 cm³/mol. The molecule has 210 valence electrons. The number of nitrogen functional groups attached to an aromatic ring is 1. The number of nitrogens with zero attached hydrogens (tertiary/aromatic N) is 1. The van der Waals surface area contributed by atoms with Crippen LogP contribution in [0, 0.1) is 10.8 Å². The van der Waals surface area contributed by atoms with E-state index in [0.717, 1.165) is 11.6 Å². The number of carbonyl (C=O) groups excluding carboxylic acids is 1. The molecule has 40 heavy (non-hydrogen) atoms. The standard InChI is InChI=1S/C30H30F3N3O4/c1-29(28(38)39)17-23(36(27(29)37)15-5-8-19-6-3-2-4-7-19)18-40-25-14-13-22(16-24(25)30(31,32)33)20-9-11-21(12-10-20)26(34)35/h2-4,6-7,9-14,16,23H,5,8,15,17-18H2,1H3,(H3,34,35)(H,38,39)/t23-,29-/m0/s1. The summed E-state index contributed by atoms with van der Waals surface area (Å²) in [6, 6.07) is 18.9. The number of carboxylic acid groups (broad SMARTS) is 1. The van der Waals surface area contributed by atoms with E-state index in [1.165, 1.54) is 24.0 Å². The Labute approximate surface area is 229 Å². The van der Waals surface area contributed by atoms with Gasteiger partial charge in [-0.1, -0.05) is 60.7 Å². The van der Waals surface area contributed by atoms with E-state index in [-0.39, 0.29) is 25.4 Å².